The lowest BCUT2D eigenvalue weighted by atomic mass is 9.94. The molecule has 1 amide bonds. The molecule has 1 aliphatic rings. The Balaban J connectivity index is 1.80. The molecule has 3 rings (SSSR count). The van der Waals surface area contributed by atoms with Crippen molar-refractivity contribution in [3.05, 3.63) is 75.9 Å². The van der Waals surface area contributed by atoms with Crippen LogP contribution in [0.2, 0.25) is 5.02 Å². The zero-order chi connectivity index (χ0) is 22.6. The van der Waals surface area contributed by atoms with E-state index in [9.17, 15) is 17.6 Å². The summed E-state index contributed by atoms with van der Waals surface area (Å²) < 4.78 is 37.3. The van der Waals surface area contributed by atoms with Gasteiger partial charge in [-0.2, -0.15) is 0 Å². The molecule has 2 aromatic rings. The molecule has 0 unspecified atom stereocenters. The monoisotopic (exact) mass is 464 g/mol. The number of benzene rings is 2. The normalized spacial score (nSPS) is 18.2. The molecule has 0 bridgehead atoms. The number of hydrogen-bond donors (Lipinski definition) is 1. The van der Waals surface area contributed by atoms with Gasteiger partial charge in [0.05, 0.1) is 11.6 Å². The minimum atomic E-state index is -3.30. The maximum Gasteiger partial charge on any atom is 0.254 e. The van der Waals surface area contributed by atoms with Gasteiger partial charge in [-0.15, -0.1) is 0 Å². The Labute approximate surface area is 187 Å². The van der Waals surface area contributed by atoms with E-state index in [4.69, 9.17) is 11.6 Å². The third-order valence-corrected chi connectivity index (χ3v) is 6.26. The van der Waals surface area contributed by atoms with Gasteiger partial charge in [0, 0.05) is 35.0 Å². The average molecular weight is 465 g/mol. The first kappa shape index (κ1) is 23.3. The van der Waals surface area contributed by atoms with Crippen LogP contribution in [0.1, 0.15) is 48.1 Å². The number of halogens is 2. The lowest BCUT2D eigenvalue weighted by molar-refractivity contribution is 0.0943. The maximum absolute atomic E-state index is 14.9. The van der Waals surface area contributed by atoms with Gasteiger partial charge in [0.2, 0.25) is 0 Å². The van der Waals surface area contributed by atoms with E-state index in [2.05, 4.69) is 10.2 Å². The number of amides is 1. The number of rotatable bonds is 6. The number of anilines is 1. The van der Waals surface area contributed by atoms with Gasteiger partial charge in [-0.05, 0) is 56.0 Å². The Morgan fingerprint density at radius 3 is 2.68 bits per heavy atom. The first-order valence-electron chi connectivity index (χ1n) is 10.2. The molecule has 0 aromatic heterocycles. The molecule has 1 fully saturated rings. The van der Waals surface area contributed by atoms with E-state index in [1.165, 1.54) is 18.2 Å². The van der Waals surface area contributed by atoms with Crippen LogP contribution in [0.4, 0.5) is 10.1 Å². The molecule has 8 heteroatoms. The minimum Gasteiger partial charge on any atom is -0.364 e. The summed E-state index contributed by atoms with van der Waals surface area (Å²) in [5.41, 5.74) is 1.62. The van der Waals surface area contributed by atoms with E-state index < -0.39 is 27.6 Å². The molecule has 0 saturated carbocycles. The van der Waals surface area contributed by atoms with Crippen LogP contribution in [0.5, 0.6) is 0 Å². The molecule has 166 valence electrons. The first-order chi connectivity index (χ1) is 14.7. The van der Waals surface area contributed by atoms with Crippen molar-refractivity contribution in [3.63, 3.8) is 0 Å². The Kier molecular flexibility index (Phi) is 7.38. The van der Waals surface area contributed by atoms with Crippen molar-refractivity contribution in [2.24, 2.45) is 0 Å². The Morgan fingerprint density at radius 2 is 2.00 bits per heavy atom. The summed E-state index contributed by atoms with van der Waals surface area (Å²) >= 11 is 6.41. The number of nitrogens with zero attached hydrogens (tertiary/aromatic N) is 1. The van der Waals surface area contributed by atoms with Crippen LogP contribution in [-0.2, 0) is 9.84 Å². The summed E-state index contributed by atoms with van der Waals surface area (Å²) in [6.45, 7) is 2.39. The van der Waals surface area contributed by atoms with Gasteiger partial charge < -0.3 is 10.2 Å². The highest BCUT2D eigenvalue weighted by Crippen LogP contribution is 2.38. The first-order valence-corrected chi connectivity index (χ1v) is 12.5. The summed E-state index contributed by atoms with van der Waals surface area (Å²) in [4.78, 5) is 14.6. The third-order valence-electron chi connectivity index (χ3n) is 5.27. The summed E-state index contributed by atoms with van der Waals surface area (Å²) in [5, 5.41) is 4.29. The molecular weight excluding hydrogens is 439 g/mol. The zero-order valence-corrected chi connectivity index (χ0v) is 19.1. The van der Waals surface area contributed by atoms with Crippen molar-refractivity contribution in [1.29, 1.82) is 0 Å². The summed E-state index contributed by atoms with van der Waals surface area (Å²) in [5.74, 6) is -1.23. The van der Waals surface area contributed by atoms with E-state index in [1.807, 2.05) is 24.3 Å². The standard InChI is InChI=1S/C23H26ClFN2O3S/c1-16(12-14-31(2,29)30)26-23(28)19-11-10-17(15-21(19)25)27-13-6-5-9-22(27)18-7-3-4-8-20(18)24/h3-4,7-8,10-12,14-16,22H,5-6,9,13H2,1-2H3,(H,26,28)/b14-12+/t16-,22+/m1/s1. The Morgan fingerprint density at radius 1 is 1.26 bits per heavy atom. The maximum atomic E-state index is 14.9. The van der Waals surface area contributed by atoms with E-state index in [1.54, 1.807) is 13.0 Å². The highest BCUT2D eigenvalue weighted by molar-refractivity contribution is 7.93. The summed E-state index contributed by atoms with van der Waals surface area (Å²) in [6, 6.07) is 11.7. The van der Waals surface area contributed by atoms with E-state index in [-0.39, 0.29) is 11.6 Å². The fourth-order valence-corrected chi connectivity index (χ4v) is 4.55. The lowest BCUT2D eigenvalue weighted by Gasteiger charge is -2.38. The fraction of sp³-hybridized carbons (Fsp3) is 0.348. The van der Waals surface area contributed by atoms with Gasteiger partial charge in [0.1, 0.15) is 5.82 Å². The molecule has 2 atom stereocenters. The predicted molar refractivity (Wildman–Crippen MR) is 123 cm³/mol. The Hall–Kier alpha value is -2.38. The molecule has 5 nitrogen and oxygen atoms in total. The average Bonchev–Trinajstić information content (AvgIpc) is 2.72. The van der Waals surface area contributed by atoms with Gasteiger partial charge in [-0.1, -0.05) is 35.9 Å². The van der Waals surface area contributed by atoms with Gasteiger partial charge in [0.25, 0.3) is 5.91 Å². The predicted octanol–water partition coefficient (Wildman–Crippen LogP) is 4.89. The van der Waals surface area contributed by atoms with Crippen LogP contribution in [0.3, 0.4) is 0 Å². The van der Waals surface area contributed by atoms with Crippen molar-refractivity contribution in [3.8, 4) is 0 Å². The smallest absolute Gasteiger partial charge is 0.254 e. The number of carbonyl (C=O) groups is 1. The van der Waals surface area contributed by atoms with Crippen molar-refractivity contribution in [2.75, 3.05) is 17.7 Å². The third kappa shape index (κ3) is 6.08. The highest BCUT2D eigenvalue weighted by atomic mass is 35.5. The van der Waals surface area contributed by atoms with Gasteiger partial charge >= 0.3 is 0 Å². The second-order valence-corrected chi connectivity index (χ2v) is 10.1. The molecule has 1 heterocycles. The van der Waals surface area contributed by atoms with E-state index >= 15 is 0 Å². The van der Waals surface area contributed by atoms with E-state index in [0.717, 1.165) is 43.0 Å². The Bertz CT molecular complexity index is 1090. The molecule has 0 aliphatic carbocycles. The van der Waals surface area contributed by atoms with Crippen LogP contribution < -0.4 is 10.2 Å². The largest absolute Gasteiger partial charge is 0.364 e. The molecule has 1 N–H and O–H groups in total. The number of sulfone groups is 1. The molecule has 0 spiro atoms. The van der Waals surface area contributed by atoms with Gasteiger partial charge in [0.15, 0.2) is 9.84 Å². The lowest BCUT2D eigenvalue weighted by Crippen LogP contribution is -2.34. The van der Waals surface area contributed by atoms with Crippen LogP contribution in [0.15, 0.2) is 53.9 Å². The second kappa shape index (κ2) is 9.83. The number of piperidine rings is 1. The van der Waals surface area contributed by atoms with Crippen LogP contribution in [0, 0.1) is 5.82 Å². The zero-order valence-electron chi connectivity index (χ0n) is 17.5. The minimum absolute atomic E-state index is 0.0441. The van der Waals surface area contributed by atoms with Crippen molar-refractivity contribution in [2.45, 2.75) is 38.3 Å². The molecule has 31 heavy (non-hydrogen) atoms. The van der Waals surface area contributed by atoms with Crippen molar-refractivity contribution >= 4 is 33.0 Å². The van der Waals surface area contributed by atoms with E-state index in [0.29, 0.717) is 10.7 Å². The number of hydrogen-bond acceptors (Lipinski definition) is 4. The molecule has 0 radical (unpaired) electrons. The fourth-order valence-electron chi connectivity index (χ4n) is 3.77. The second-order valence-electron chi connectivity index (χ2n) is 7.81. The topological polar surface area (TPSA) is 66.5 Å². The van der Waals surface area contributed by atoms with Crippen molar-refractivity contribution < 1.29 is 17.6 Å². The highest BCUT2D eigenvalue weighted by Gasteiger charge is 2.27. The quantitative estimate of drug-likeness (QED) is 0.661. The van der Waals surface area contributed by atoms with Gasteiger partial charge in [-0.3, -0.25) is 4.79 Å². The molecular formula is C23H26ClFN2O3S. The van der Waals surface area contributed by atoms with Crippen LogP contribution in [-0.4, -0.2) is 33.2 Å². The number of carbonyl (C=O) groups excluding carboxylic acids is 1. The number of nitrogens with one attached hydrogen (secondary N) is 1. The molecule has 1 aliphatic heterocycles. The molecule has 2 aromatic carbocycles. The van der Waals surface area contributed by atoms with Crippen molar-refractivity contribution in [1.82, 2.24) is 5.32 Å². The summed E-state index contributed by atoms with van der Waals surface area (Å²) in [7, 11) is -3.30. The summed E-state index contributed by atoms with van der Waals surface area (Å²) in [6.07, 6.45) is 5.38. The van der Waals surface area contributed by atoms with Crippen LogP contribution >= 0.6 is 11.6 Å². The molecule has 1 saturated heterocycles. The SMILES string of the molecule is C[C@H](/C=C/S(C)(=O)=O)NC(=O)c1ccc(N2CCCC[C@H]2c2ccccc2Cl)cc1F. The van der Waals surface area contributed by atoms with Gasteiger partial charge in [-0.25, -0.2) is 12.8 Å². The van der Waals surface area contributed by atoms with Crippen LogP contribution in [0.25, 0.3) is 0 Å².